The van der Waals surface area contributed by atoms with Crippen molar-refractivity contribution in [3.05, 3.63) is 0 Å². The first-order valence-corrected chi connectivity index (χ1v) is 4.92. The van der Waals surface area contributed by atoms with Crippen LogP contribution in [0.3, 0.4) is 0 Å². The maximum atomic E-state index is 9.85. The summed E-state index contributed by atoms with van der Waals surface area (Å²) in [6.07, 6.45) is 2.50. The Balaban J connectivity index is 2.62. The van der Waals surface area contributed by atoms with Crippen molar-refractivity contribution >= 4 is 0 Å². The van der Waals surface area contributed by atoms with Gasteiger partial charge in [0.25, 0.3) is 0 Å². The van der Waals surface area contributed by atoms with Crippen molar-refractivity contribution in [2.45, 2.75) is 38.7 Å². The highest BCUT2D eigenvalue weighted by atomic mass is 16.5. The summed E-state index contributed by atoms with van der Waals surface area (Å²) in [4.78, 5) is 0. The molecule has 0 aromatic carbocycles. The zero-order valence-corrected chi connectivity index (χ0v) is 8.12. The van der Waals surface area contributed by atoms with Gasteiger partial charge in [0.2, 0.25) is 0 Å². The minimum Gasteiger partial charge on any atom is -0.391 e. The molecular formula is C10H17NO2. The fourth-order valence-corrected chi connectivity index (χ4v) is 1.80. The highest BCUT2D eigenvalue weighted by molar-refractivity contribution is 5.04. The summed E-state index contributed by atoms with van der Waals surface area (Å²) in [5.41, 5.74) is -0.533. The van der Waals surface area contributed by atoms with E-state index in [1.165, 1.54) is 0 Å². The van der Waals surface area contributed by atoms with Crippen molar-refractivity contribution < 1.29 is 9.84 Å². The third-order valence-corrected chi connectivity index (χ3v) is 2.81. The monoisotopic (exact) mass is 183 g/mol. The van der Waals surface area contributed by atoms with Crippen LogP contribution in [0.25, 0.3) is 0 Å². The van der Waals surface area contributed by atoms with Gasteiger partial charge in [0, 0.05) is 13.2 Å². The predicted octanol–water partition coefficient (Wildman–Crippen LogP) is 1.47. The Kier molecular flexibility index (Phi) is 3.71. The molecule has 1 atom stereocenters. The molecule has 74 valence electrons. The van der Waals surface area contributed by atoms with Gasteiger partial charge < -0.3 is 9.84 Å². The molecule has 1 rings (SSSR count). The second-order valence-corrected chi connectivity index (χ2v) is 3.68. The van der Waals surface area contributed by atoms with Gasteiger partial charge in [-0.2, -0.15) is 5.26 Å². The molecule has 1 fully saturated rings. The van der Waals surface area contributed by atoms with Crippen LogP contribution in [-0.2, 0) is 4.74 Å². The standard InChI is InChI=1S/C10H17NO2/c1-2-3-9(12)10(8-11)4-6-13-7-5-10/h9,12H,2-7H2,1H3. The molecule has 0 aliphatic carbocycles. The molecule has 0 amide bonds. The van der Waals surface area contributed by atoms with Crippen LogP contribution in [0.1, 0.15) is 32.6 Å². The van der Waals surface area contributed by atoms with E-state index in [2.05, 4.69) is 6.07 Å². The number of rotatable bonds is 3. The molecule has 0 aromatic heterocycles. The van der Waals surface area contributed by atoms with E-state index in [1.807, 2.05) is 6.92 Å². The summed E-state index contributed by atoms with van der Waals surface area (Å²) in [6, 6.07) is 2.27. The van der Waals surface area contributed by atoms with Crippen LogP contribution in [0.5, 0.6) is 0 Å². The first-order chi connectivity index (χ1) is 6.25. The molecule has 1 unspecified atom stereocenters. The lowest BCUT2D eigenvalue weighted by Gasteiger charge is -2.34. The van der Waals surface area contributed by atoms with Gasteiger partial charge >= 0.3 is 0 Å². The van der Waals surface area contributed by atoms with Crippen LogP contribution in [0.4, 0.5) is 0 Å². The Bertz CT molecular complexity index is 192. The molecular weight excluding hydrogens is 166 g/mol. The number of aliphatic hydroxyl groups is 1. The SMILES string of the molecule is CCCC(O)C1(C#N)CCOCC1. The Hall–Kier alpha value is -0.590. The second-order valence-electron chi connectivity index (χ2n) is 3.68. The average Bonchev–Trinajstić information content (AvgIpc) is 2.19. The minimum atomic E-state index is -0.533. The van der Waals surface area contributed by atoms with Crippen LogP contribution < -0.4 is 0 Å². The van der Waals surface area contributed by atoms with Gasteiger partial charge in [0.1, 0.15) is 0 Å². The molecule has 1 N–H and O–H groups in total. The third-order valence-electron chi connectivity index (χ3n) is 2.81. The molecule has 1 saturated heterocycles. The van der Waals surface area contributed by atoms with Gasteiger partial charge in [-0.1, -0.05) is 13.3 Å². The summed E-state index contributed by atoms with van der Waals surface area (Å²) in [7, 11) is 0. The molecule has 3 heteroatoms. The van der Waals surface area contributed by atoms with Crippen LogP contribution in [0, 0.1) is 16.7 Å². The van der Waals surface area contributed by atoms with E-state index in [1.54, 1.807) is 0 Å². The molecule has 0 bridgehead atoms. The van der Waals surface area contributed by atoms with Gasteiger partial charge in [-0.05, 0) is 19.3 Å². The van der Waals surface area contributed by atoms with E-state index < -0.39 is 11.5 Å². The fourth-order valence-electron chi connectivity index (χ4n) is 1.80. The van der Waals surface area contributed by atoms with Crippen LogP contribution in [-0.4, -0.2) is 24.4 Å². The molecule has 3 nitrogen and oxygen atoms in total. The number of hydrogen-bond donors (Lipinski definition) is 1. The van der Waals surface area contributed by atoms with E-state index in [0.717, 1.165) is 6.42 Å². The molecule has 0 aromatic rings. The summed E-state index contributed by atoms with van der Waals surface area (Å²) < 4.78 is 5.19. The van der Waals surface area contributed by atoms with Crippen molar-refractivity contribution in [3.63, 3.8) is 0 Å². The van der Waals surface area contributed by atoms with Crippen molar-refractivity contribution in [1.29, 1.82) is 5.26 Å². The number of nitrogens with zero attached hydrogens (tertiary/aromatic N) is 1. The minimum absolute atomic E-state index is 0.480. The Labute approximate surface area is 79.3 Å². The average molecular weight is 183 g/mol. The van der Waals surface area contributed by atoms with Gasteiger partial charge in [0.05, 0.1) is 17.6 Å². The van der Waals surface area contributed by atoms with Crippen molar-refractivity contribution in [1.82, 2.24) is 0 Å². The van der Waals surface area contributed by atoms with Crippen LogP contribution in [0.15, 0.2) is 0 Å². The molecule has 0 radical (unpaired) electrons. The number of hydrogen-bond acceptors (Lipinski definition) is 3. The Morgan fingerprint density at radius 3 is 2.62 bits per heavy atom. The van der Waals surface area contributed by atoms with E-state index in [9.17, 15) is 5.11 Å². The smallest absolute Gasteiger partial charge is 0.0875 e. The summed E-state index contributed by atoms with van der Waals surface area (Å²) in [5, 5.41) is 18.9. The maximum absolute atomic E-state index is 9.85. The zero-order valence-electron chi connectivity index (χ0n) is 8.12. The van der Waals surface area contributed by atoms with Crippen molar-refractivity contribution in [2.75, 3.05) is 13.2 Å². The molecule has 1 aliphatic rings. The van der Waals surface area contributed by atoms with Crippen LogP contribution >= 0.6 is 0 Å². The number of aliphatic hydroxyl groups excluding tert-OH is 1. The quantitative estimate of drug-likeness (QED) is 0.720. The number of nitriles is 1. The summed E-state index contributed by atoms with van der Waals surface area (Å²) >= 11 is 0. The van der Waals surface area contributed by atoms with Crippen molar-refractivity contribution in [2.24, 2.45) is 5.41 Å². The van der Waals surface area contributed by atoms with Crippen molar-refractivity contribution in [3.8, 4) is 6.07 Å². The largest absolute Gasteiger partial charge is 0.391 e. The Morgan fingerprint density at radius 1 is 1.54 bits per heavy atom. The van der Waals surface area contributed by atoms with Crippen LogP contribution in [0.2, 0.25) is 0 Å². The molecule has 0 saturated carbocycles. The summed E-state index contributed by atoms with van der Waals surface area (Å²) in [5.74, 6) is 0. The fraction of sp³-hybridized carbons (Fsp3) is 0.900. The first kappa shape index (κ1) is 10.5. The maximum Gasteiger partial charge on any atom is 0.0875 e. The lowest BCUT2D eigenvalue weighted by atomic mass is 9.75. The van der Waals surface area contributed by atoms with E-state index >= 15 is 0 Å². The van der Waals surface area contributed by atoms with E-state index in [0.29, 0.717) is 32.5 Å². The third kappa shape index (κ3) is 2.20. The van der Waals surface area contributed by atoms with E-state index in [4.69, 9.17) is 10.00 Å². The first-order valence-electron chi connectivity index (χ1n) is 4.92. The lowest BCUT2D eigenvalue weighted by molar-refractivity contribution is -0.0327. The zero-order chi connectivity index (χ0) is 9.73. The summed E-state index contributed by atoms with van der Waals surface area (Å²) in [6.45, 7) is 3.23. The molecule has 1 aliphatic heterocycles. The van der Waals surface area contributed by atoms with E-state index in [-0.39, 0.29) is 0 Å². The predicted molar refractivity (Wildman–Crippen MR) is 49.0 cm³/mol. The van der Waals surface area contributed by atoms with Gasteiger partial charge in [0.15, 0.2) is 0 Å². The van der Waals surface area contributed by atoms with Gasteiger partial charge in [-0.25, -0.2) is 0 Å². The molecule has 1 heterocycles. The molecule has 13 heavy (non-hydrogen) atoms. The molecule has 0 spiro atoms. The normalized spacial score (nSPS) is 23.5. The topological polar surface area (TPSA) is 53.2 Å². The Morgan fingerprint density at radius 2 is 2.15 bits per heavy atom. The number of ether oxygens (including phenoxy) is 1. The van der Waals surface area contributed by atoms with Gasteiger partial charge in [-0.15, -0.1) is 0 Å². The van der Waals surface area contributed by atoms with Gasteiger partial charge in [-0.3, -0.25) is 0 Å². The highest BCUT2D eigenvalue weighted by Gasteiger charge is 2.39. The lowest BCUT2D eigenvalue weighted by Crippen LogP contribution is -2.39. The second kappa shape index (κ2) is 4.59. The highest BCUT2D eigenvalue weighted by Crippen LogP contribution is 2.35.